The molecule has 0 radical (unpaired) electrons. The molecule has 0 atom stereocenters. The van der Waals surface area contributed by atoms with Gasteiger partial charge in [-0.2, -0.15) is 0 Å². The fourth-order valence-corrected chi connectivity index (χ4v) is 2.84. The van der Waals surface area contributed by atoms with E-state index in [2.05, 4.69) is 10.3 Å². The van der Waals surface area contributed by atoms with Gasteiger partial charge >= 0.3 is 0 Å². The molecule has 0 bridgehead atoms. The summed E-state index contributed by atoms with van der Waals surface area (Å²) in [6.45, 7) is 2.65. The third-order valence-corrected chi connectivity index (χ3v) is 3.79. The number of amides is 1. The lowest BCUT2D eigenvalue weighted by atomic mass is 10.1. The normalized spacial score (nSPS) is 13.5. The number of carbonyl (C=O) groups is 1. The average Bonchev–Trinajstić information content (AvgIpc) is 3.00. The fraction of sp³-hybridized carbons (Fsp3) is 0.333. The van der Waals surface area contributed by atoms with Crippen LogP contribution in [0.5, 0.6) is 0 Å². The quantitative estimate of drug-likeness (QED) is 0.943. The lowest BCUT2D eigenvalue weighted by molar-refractivity contribution is 0.102. The van der Waals surface area contributed by atoms with Crippen molar-refractivity contribution < 1.29 is 18.0 Å². The second-order valence-corrected chi connectivity index (χ2v) is 5.24. The molecular weight excluding hydrogens is 295 g/mol. The number of nitrogens with zero attached hydrogens (tertiary/aromatic N) is 2. The van der Waals surface area contributed by atoms with E-state index in [9.17, 15) is 18.0 Å². The van der Waals surface area contributed by atoms with Gasteiger partial charge in [0.25, 0.3) is 12.3 Å². The fourth-order valence-electron chi connectivity index (χ4n) is 2.84. The van der Waals surface area contributed by atoms with Crippen molar-refractivity contribution >= 4 is 11.6 Å². The van der Waals surface area contributed by atoms with Crippen LogP contribution in [0.4, 0.5) is 18.9 Å². The Kier molecular flexibility index (Phi) is 3.64. The van der Waals surface area contributed by atoms with E-state index in [1.165, 1.54) is 6.07 Å². The maximum Gasteiger partial charge on any atom is 0.283 e. The Balaban J connectivity index is 1.91. The van der Waals surface area contributed by atoms with Gasteiger partial charge in [0, 0.05) is 24.6 Å². The van der Waals surface area contributed by atoms with Crippen LogP contribution in [-0.4, -0.2) is 15.5 Å². The number of hydrogen-bond donors (Lipinski definition) is 1. The molecule has 7 heteroatoms. The number of alkyl halides is 2. The van der Waals surface area contributed by atoms with Gasteiger partial charge < -0.3 is 9.88 Å². The van der Waals surface area contributed by atoms with Crippen LogP contribution in [0.25, 0.3) is 0 Å². The van der Waals surface area contributed by atoms with Gasteiger partial charge in [-0.05, 0) is 31.4 Å². The highest BCUT2D eigenvalue weighted by Crippen LogP contribution is 2.27. The second kappa shape index (κ2) is 5.47. The average molecular weight is 309 g/mol. The second-order valence-electron chi connectivity index (χ2n) is 5.24. The molecule has 0 saturated carbocycles. The molecule has 116 valence electrons. The van der Waals surface area contributed by atoms with Gasteiger partial charge in [0.2, 0.25) is 0 Å². The van der Waals surface area contributed by atoms with Gasteiger partial charge in [-0.15, -0.1) is 0 Å². The molecule has 3 heterocycles. The van der Waals surface area contributed by atoms with Gasteiger partial charge in [-0.3, -0.25) is 9.78 Å². The number of rotatable bonds is 3. The predicted octanol–water partition coefficient (Wildman–Crippen LogP) is 3.47. The van der Waals surface area contributed by atoms with Crippen LogP contribution >= 0.6 is 0 Å². The Bertz CT molecular complexity index is 740. The van der Waals surface area contributed by atoms with Crippen molar-refractivity contribution in [3.8, 4) is 0 Å². The van der Waals surface area contributed by atoms with Crippen LogP contribution in [0.1, 0.15) is 40.2 Å². The lowest BCUT2D eigenvalue weighted by Crippen LogP contribution is -2.16. The molecule has 1 aliphatic heterocycles. The molecule has 22 heavy (non-hydrogen) atoms. The number of hydrogen-bond acceptors (Lipinski definition) is 2. The summed E-state index contributed by atoms with van der Waals surface area (Å²) in [7, 11) is 0. The van der Waals surface area contributed by atoms with Crippen molar-refractivity contribution in [2.45, 2.75) is 32.7 Å². The van der Waals surface area contributed by atoms with E-state index in [0.29, 0.717) is 5.56 Å². The molecule has 0 fully saturated rings. The van der Waals surface area contributed by atoms with Crippen molar-refractivity contribution in [2.75, 3.05) is 5.32 Å². The molecule has 0 aliphatic carbocycles. The number of pyridine rings is 1. The minimum absolute atomic E-state index is 0.285. The number of halogens is 3. The zero-order valence-electron chi connectivity index (χ0n) is 11.9. The number of aryl methyl sites for hydroxylation is 2. The third kappa shape index (κ3) is 2.36. The molecule has 0 saturated heterocycles. The Morgan fingerprint density at radius 2 is 2.23 bits per heavy atom. The molecule has 4 nitrogen and oxygen atoms in total. The van der Waals surface area contributed by atoms with Gasteiger partial charge in [0.1, 0.15) is 5.69 Å². The Hall–Kier alpha value is -2.31. The van der Waals surface area contributed by atoms with Crippen LogP contribution in [-0.2, 0) is 13.0 Å². The lowest BCUT2D eigenvalue weighted by Gasteiger charge is -2.09. The van der Waals surface area contributed by atoms with Gasteiger partial charge in [0.05, 0.1) is 11.3 Å². The van der Waals surface area contributed by atoms with E-state index < -0.39 is 23.8 Å². The molecule has 0 unspecified atom stereocenters. The molecule has 1 N–H and O–H groups in total. The van der Waals surface area contributed by atoms with Crippen LogP contribution in [0.2, 0.25) is 0 Å². The highest BCUT2D eigenvalue weighted by Gasteiger charge is 2.25. The van der Waals surface area contributed by atoms with E-state index in [4.69, 9.17) is 0 Å². The predicted molar refractivity (Wildman–Crippen MR) is 74.6 cm³/mol. The Labute approximate surface area is 125 Å². The zero-order chi connectivity index (χ0) is 15.9. The Morgan fingerprint density at radius 3 is 2.95 bits per heavy atom. The summed E-state index contributed by atoms with van der Waals surface area (Å²) in [5, 5.41) is 2.38. The van der Waals surface area contributed by atoms with Gasteiger partial charge in [0.15, 0.2) is 5.82 Å². The van der Waals surface area contributed by atoms with Crippen molar-refractivity contribution in [3.63, 3.8) is 0 Å². The standard InChI is InChI=1S/C15H14F3N3O/c1-8-7-21-6-2-3-10(21)11(8)15(22)20-9-4-5-19-13(12(9)16)14(17)18/h4-5,7,14H,2-3,6H2,1H3,(H,19,20,22). The smallest absolute Gasteiger partial charge is 0.283 e. The van der Waals surface area contributed by atoms with Crippen molar-refractivity contribution in [3.05, 3.63) is 46.8 Å². The molecule has 0 spiro atoms. The van der Waals surface area contributed by atoms with Crippen LogP contribution in [0, 0.1) is 12.7 Å². The molecule has 2 aromatic rings. The number of fused-ring (bicyclic) bond motifs is 1. The summed E-state index contributed by atoms with van der Waals surface area (Å²) in [5.41, 5.74) is 0.936. The number of anilines is 1. The maximum absolute atomic E-state index is 13.9. The molecule has 3 rings (SSSR count). The van der Waals surface area contributed by atoms with E-state index in [-0.39, 0.29) is 5.69 Å². The minimum atomic E-state index is -3.03. The Morgan fingerprint density at radius 1 is 1.45 bits per heavy atom. The summed E-state index contributed by atoms with van der Waals surface area (Å²) in [6.07, 6.45) is 1.63. The topological polar surface area (TPSA) is 46.9 Å². The summed E-state index contributed by atoms with van der Waals surface area (Å²) in [4.78, 5) is 15.7. The van der Waals surface area contributed by atoms with E-state index in [0.717, 1.165) is 36.8 Å². The molecule has 0 aromatic carbocycles. The number of aromatic nitrogens is 2. The minimum Gasteiger partial charge on any atom is -0.350 e. The maximum atomic E-state index is 13.9. The number of nitrogens with one attached hydrogen (secondary N) is 1. The first-order chi connectivity index (χ1) is 10.5. The summed E-state index contributed by atoms with van der Waals surface area (Å²) < 4.78 is 41.2. The van der Waals surface area contributed by atoms with Crippen molar-refractivity contribution in [2.24, 2.45) is 0 Å². The van der Waals surface area contributed by atoms with Crippen molar-refractivity contribution in [1.29, 1.82) is 0 Å². The molecular formula is C15H14F3N3O. The largest absolute Gasteiger partial charge is 0.350 e. The van der Waals surface area contributed by atoms with Gasteiger partial charge in [-0.25, -0.2) is 13.2 Å². The molecule has 1 amide bonds. The van der Waals surface area contributed by atoms with Crippen molar-refractivity contribution in [1.82, 2.24) is 9.55 Å². The first-order valence-corrected chi connectivity index (χ1v) is 6.91. The summed E-state index contributed by atoms with van der Waals surface area (Å²) in [5.74, 6) is -1.68. The third-order valence-electron chi connectivity index (χ3n) is 3.79. The molecule has 2 aromatic heterocycles. The van der Waals surface area contributed by atoms with Crippen LogP contribution in [0.15, 0.2) is 18.5 Å². The highest BCUT2D eigenvalue weighted by atomic mass is 19.3. The summed E-state index contributed by atoms with van der Waals surface area (Å²) in [6, 6.07) is 1.17. The first-order valence-electron chi connectivity index (χ1n) is 6.91. The zero-order valence-corrected chi connectivity index (χ0v) is 11.9. The molecule has 1 aliphatic rings. The monoisotopic (exact) mass is 309 g/mol. The first kappa shape index (κ1) is 14.6. The van der Waals surface area contributed by atoms with Crippen LogP contribution < -0.4 is 5.32 Å². The van der Waals surface area contributed by atoms with E-state index in [1.54, 1.807) is 6.92 Å². The SMILES string of the molecule is Cc1cn2c(c1C(=O)Nc1ccnc(C(F)F)c1F)CCC2. The van der Waals surface area contributed by atoms with E-state index >= 15 is 0 Å². The number of carbonyl (C=O) groups excluding carboxylic acids is 1. The van der Waals surface area contributed by atoms with Gasteiger partial charge in [-0.1, -0.05) is 0 Å². The van der Waals surface area contributed by atoms with Crippen LogP contribution in [0.3, 0.4) is 0 Å². The highest BCUT2D eigenvalue weighted by molar-refractivity contribution is 6.06. The van der Waals surface area contributed by atoms with E-state index in [1.807, 2.05) is 10.8 Å². The summed E-state index contributed by atoms with van der Waals surface area (Å²) >= 11 is 0.